The van der Waals surface area contributed by atoms with Gasteiger partial charge >= 0.3 is 0 Å². The minimum absolute atomic E-state index is 0.190. The smallest absolute Gasteiger partial charge is 0.275 e. The summed E-state index contributed by atoms with van der Waals surface area (Å²) in [6.07, 6.45) is 10.2. The maximum Gasteiger partial charge on any atom is 0.275 e. The molecule has 4 heterocycles. The van der Waals surface area contributed by atoms with Crippen LogP contribution in [0.5, 0.6) is 0 Å². The molecule has 1 aliphatic heterocycles. The molecule has 1 amide bonds. The number of rotatable bonds is 6. The molecule has 1 atom stereocenters. The summed E-state index contributed by atoms with van der Waals surface area (Å²) in [6, 6.07) is 2.03. The van der Waals surface area contributed by atoms with Gasteiger partial charge in [0.2, 0.25) is 0 Å². The second-order valence-electron chi connectivity index (χ2n) is 8.68. The van der Waals surface area contributed by atoms with Crippen molar-refractivity contribution in [3.8, 4) is 0 Å². The maximum absolute atomic E-state index is 14.2. The van der Waals surface area contributed by atoms with Gasteiger partial charge in [0.25, 0.3) is 5.91 Å². The number of aromatic nitrogens is 4. The first-order chi connectivity index (χ1) is 15.0. The highest BCUT2D eigenvalue weighted by Gasteiger charge is 2.30. The van der Waals surface area contributed by atoms with Gasteiger partial charge in [-0.1, -0.05) is 0 Å². The fourth-order valence-corrected chi connectivity index (χ4v) is 4.31. The first kappa shape index (κ1) is 19.9. The number of imidazole rings is 1. The van der Waals surface area contributed by atoms with Gasteiger partial charge in [0.05, 0.1) is 23.8 Å². The second-order valence-corrected chi connectivity index (χ2v) is 8.68. The Hall–Kier alpha value is -3.07. The first-order valence-electron chi connectivity index (χ1n) is 10.7. The molecule has 1 aliphatic carbocycles. The summed E-state index contributed by atoms with van der Waals surface area (Å²) in [5.74, 6) is 0.490. The van der Waals surface area contributed by atoms with Crippen LogP contribution in [-0.2, 0) is 0 Å². The molecule has 9 heteroatoms. The van der Waals surface area contributed by atoms with E-state index in [0.29, 0.717) is 17.3 Å². The van der Waals surface area contributed by atoms with Crippen LogP contribution in [0, 0.1) is 18.7 Å². The predicted molar refractivity (Wildman–Crippen MR) is 116 cm³/mol. The second kappa shape index (κ2) is 7.88. The van der Waals surface area contributed by atoms with Crippen LogP contribution in [0.2, 0.25) is 0 Å². The van der Waals surface area contributed by atoms with Gasteiger partial charge in [-0.3, -0.25) is 4.79 Å². The largest absolute Gasteiger partial charge is 0.355 e. The molecule has 2 fully saturated rings. The van der Waals surface area contributed by atoms with Crippen molar-refractivity contribution in [1.29, 1.82) is 0 Å². The molecule has 0 aromatic carbocycles. The molecule has 0 radical (unpaired) electrons. The summed E-state index contributed by atoms with van der Waals surface area (Å²) < 4.78 is 15.8. The molecule has 1 saturated heterocycles. The number of fused-ring (bicyclic) bond motifs is 1. The summed E-state index contributed by atoms with van der Waals surface area (Å²) in [4.78, 5) is 30.1. The average Bonchev–Trinajstić information content (AvgIpc) is 3.39. The molecular weight excluding hydrogens is 397 g/mol. The fourth-order valence-electron chi connectivity index (χ4n) is 4.31. The van der Waals surface area contributed by atoms with Crippen molar-refractivity contribution in [2.45, 2.75) is 32.2 Å². The van der Waals surface area contributed by atoms with Gasteiger partial charge in [-0.2, -0.15) is 0 Å². The lowest BCUT2D eigenvalue weighted by atomic mass is 10.1. The number of carbonyl (C=O) groups excluding carboxylic acids is 1. The minimum atomic E-state index is -0.497. The zero-order valence-electron chi connectivity index (χ0n) is 17.8. The van der Waals surface area contributed by atoms with Gasteiger partial charge < -0.3 is 19.5 Å². The Labute approximate surface area is 180 Å². The highest BCUT2D eigenvalue weighted by atomic mass is 19.1. The lowest BCUT2D eigenvalue weighted by Gasteiger charge is -2.21. The lowest BCUT2D eigenvalue weighted by molar-refractivity contribution is 0.102. The predicted octanol–water partition coefficient (Wildman–Crippen LogP) is 2.74. The quantitative estimate of drug-likeness (QED) is 0.657. The van der Waals surface area contributed by atoms with Crippen molar-refractivity contribution in [2.24, 2.45) is 5.92 Å². The molecule has 5 rings (SSSR count). The van der Waals surface area contributed by atoms with Crippen molar-refractivity contribution in [1.82, 2.24) is 24.3 Å². The van der Waals surface area contributed by atoms with Gasteiger partial charge in [0.1, 0.15) is 11.5 Å². The van der Waals surface area contributed by atoms with Crippen LogP contribution in [0.1, 0.15) is 35.4 Å². The highest BCUT2D eigenvalue weighted by molar-refractivity contribution is 6.02. The molecule has 3 aromatic heterocycles. The highest BCUT2D eigenvalue weighted by Crippen LogP contribution is 2.28. The Bertz CT molecular complexity index is 1110. The molecule has 0 spiro atoms. The topological polar surface area (TPSA) is 78.7 Å². The Morgan fingerprint density at radius 1 is 1.26 bits per heavy atom. The van der Waals surface area contributed by atoms with Crippen molar-refractivity contribution in [2.75, 3.05) is 36.9 Å². The molecule has 162 valence electrons. The molecule has 1 saturated carbocycles. The van der Waals surface area contributed by atoms with E-state index in [-0.39, 0.29) is 11.3 Å². The van der Waals surface area contributed by atoms with E-state index in [2.05, 4.69) is 37.1 Å². The van der Waals surface area contributed by atoms with Gasteiger partial charge in [-0.25, -0.2) is 19.3 Å². The summed E-state index contributed by atoms with van der Waals surface area (Å²) >= 11 is 0. The zero-order chi connectivity index (χ0) is 21.5. The van der Waals surface area contributed by atoms with E-state index in [4.69, 9.17) is 0 Å². The van der Waals surface area contributed by atoms with Gasteiger partial charge in [0.15, 0.2) is 11.5 Å². The first-order valence-corrected chi connectivity index (χ1v) is 10.7. The molecular formula is C22H26FN7O. The monoisotopic (exact) mass is 423 g/mol. The van der Waals surface area contributed by atoms with E-state index in [1.165, 1.54) is 25.1 Å². The molecule has 0 bridgehead atoms. The molecule has 3 aromatic rings. The van der Waals surface area contributed by atoms with Crippen LogP contribution in [0.25, 0.3) is 5.65 Å². The SMILES string of the molecule is Cc1cn2cc(NC(=O)c3cnc(N4CCC(CN(C)C5CC5)C4)cn3)cc(F)c2n1. The third-order valence-corrected chi connectivity index (χ3v) is 6.08. The van der Waals surface area contributed by atoms with Crippen LogP contribution >= 0.6 is 0 Å². The zero-order valence-corrected chi connectivity index (χ0v) is 17.8. The number of nitrogens with zero attached hydrogens (tertiary/aromatic N) is 6. The summed E-state index contributed by atoms with van der Waals surface area (Å²) in [5, 5.41) is 2.69. The Balaban J connectivity index is 1.22. The van der Waals surface area contributed by atoms with Crippen molar-refractivity contribution in [3.05, 3.63) is 48.1 Å². The number of pyridine rings is 1. The number of anilines is 2. The molecule has 8 nitrogen and oxygen atoms in total. The molecule has 1 unspecified atom stereocenters. The summed E-state index contributed by atoms with van der Waals surface area (Å²) in [6.45, 7) is 4.82. The summed E-state index contributed by atoms with van der Waals surface area (Å²) in [7, 11) is 2.21. The van der Waals surface area contributed by atoms with E-state index >= 15 is 0 Å². The van der Waals surface area contributed by atoms with Gasteiger partial charge in [0, 0.05) is 44.1 Å². The number of amides is 1. The maximum atomic E-state index is 14.2. The van der Waals surface area contributed by atoms with Crippen LogP contribution < -0.4 is 10.2 Å². The number of carbonyl (C=O) groups is 1. The van der Waals surface area contributed by atoms with E-state index in [1.54, 1.807) is 29.9 Å². The van der Waals surface area contributed by atoms with E-state index in [0.717, 1.165) is 37.9 Å². The number of hydrogen-bond donors (Lipinski definition) is 1. The van der Waals surface area contributed by atoms with Crippen LogP contribution in [0.3, 0.4) is 0 Å². The van der Waals surface area contributed by atoms with E-state index in [1.807, 2.05) is 0 Å². The van der Waals surface area contributed by atoms with Gasteiger partial charge in [-0.15, -0.1) is 0 Å². The molecule has 1 N–H and O–H groups in total. The average molecular weight is 423 g/mol. The number of halogens is 1. The molecule has 2 aliphatic rings. The Morgan fingerprint density at radius 2 is 2.10 bits per heavy atom. The number of hydrogen-bond acceptors (Lipinski definition) is 6. The number of aryl methyl sites for hydroxylation is 1. The van der Waals surface area contributed by atoms with Crippen molar-refractivity contribution < 1.29 is 9.18 Å². The molecule has 31 heavy (non-hydrogen) atoms. The Morgan fingerprint density at radius 3 is 2.84 bits per heavy atom. The lowest BCUT2D eigenvalue weighted by Crippen LogP contribution is -2.30. The normalized spacial score (nSPS) is 18.8. The van der Waals surface area contributed by atoms with E-state index < -0.39 is 11.7 Å². The van der Waals surface area contributed by atoms with Crippen LogP contribution in [0.4, 0.5) is 15.9 Å². The summed E-state index contributed by atoms with van der Waals surface area (Å²) in [5.41, 5.74) is 1.45. The third-order valence-electron chi connectivity index (χ3n) is 6.08. The van der Waals surface area contributed by atoms with Gasteiger partial charge in [-0.05, 0) is 39.2 Å². The van der Waals surface area contributed by atoms with Crippen molar-refractivity contribution >= 4 is 23.1 Å². The number of nitrogens with one attached hydrogen (secondary N) is 1. The van der Waals surface area contributed by atoms with Crippen molar-refractivity contribution in [3.63, 3.8) is 0 Å². The fraction of sp³-hybridized carbons (Fsp3) is 0.455. The Kier molecular flexibility index (Phi) is 5.05. The van der Waals surface area contributed by atoms with Crippen LogP contribution in [0.15, 0.2) is 30.9 Å². The van der Waals surface area contributed by atoms with E-state index in [9.17, 15) is 9.18 Å². The standard InChI is InChI=1S/C22H26FN7O/c1-14-10-30-13-16(7-18(23)21(30)26-14)27-22(31)19-8-25-20(9-24-19)29-6-5-15(12-29)11-28(2)17-3-4-17/h7-10,13,15,17H,3-6,11-12H2,1-2H3,(H,27,31). The minimum Gasteiger partial charge on any atom is -0.355 e. The van der Waals surface area contributed by atoms with Crippen LogP contribution in [-0.4, -0.2) is 62.9 Å². The third kappa shape index (κ3) is 4.23.